The number of anilines is 2. The number of para-hydroxylation sites is 1. The Bertz CT molecular complexity index is 899. The maximum atomic E-state index is 13.0. The first-order chi connectivity index (χ1) is 13.8. The van der Waals surface area contributed by atoms with E-state index in [2.05, 4.69) is 18.3 Å². The number of fused-ring (bicyclic) bond motifs is 1. The molecule has 2 aromatic carbocycles. The molecule has 6 heteroatoms. The first kappa shape index (κ1) is 21.4. The molecule has 3 rings (SSSR count). The maximum Gasteiger partial charge on any atom is 0.241 e. The first-order valence-corrected chi connectivity index (χ1v) is 10.8. The summed E-state index contributed by atoms with van der Waals surface area (Å²) in [5, 5.41) is 3.42. The van der Waals surface area contributed by atoms with E-state index in [1.807, 2.05) is 74.0 Å². The van der Waals surface area contributed by atoms with Crippen LogP contribution in [-0.4, -0.2) is 48.6 Å². The Morgan fingerprint density at radius 2 is 1.90 bits per heavy atom. The lowest BCUT2D eigenvalue weighted by Gasteiger charge is -2.25. The van der Waals surface area contributed by atoms with Gasteiger partial charge in [-0.25, -0.2) is 0 Å². The summed E-state index contributed by atoms with van der Waals surface area (Å²) in [5.41, 5.74) is 3.99. The van der Waals surface area contributed by atoms with Crippen molar-refractivity contribution in [1.29, 1.82) is 0 Å². The van der Waals surface area contributed by atoms with E-state index in [-0.39, 0.29) is 24.9 Å². The first-order valence-electron chi connectivity index (χ1n) is 9.96. The van der Waals surface area contributed by atoms with Gasteiger partial charge in [0.1, 0.15) is 0 Å². The van der Waals surface area contributed by atoms with E-state index in [0.717, 1.165) is 33.8 Å². The van der Waals surface area contributed by atoms with E-state index in [1.54, 1.807) is 4.90 Å². The van der Waals surface area contributed by atoms with Gasteiger partial charge in [-0.1, -0.05) is 31.2 Å². The molecule has 1 aliphatic heterocycles. The van der Waals surface area contributed by atoms with Gasteiger partial charge >= 0.3 is 0 Å². The van der Waals surface area contributed by atoms with Crippen molar-refractivity contribution in [3.8, 4) is 0 Å². The van der Waals surface area contributed by atoms with E-state index in [0.29, 0.717) is 11.8 Å². The number of thioether (sulfide) groups is 1. The zero-order valence-electron chi connectivity index (χ0n) is 17.6. The van der Waals surface area contributed by atoms with Gasteiger partial charge in [0.2, 0.25) is 11.8 Å². The molecule has 1 N–H and O–H groups in total. The number of likely N-dealkylation sites (N-methyl/N-ethyl adjacent to an activating group) is 1. The normalized spacial score (nSPS) is 16.3. The zero-order valence-corrected chi connectivity index (χ0v) is 18.4. The van der Waals surface area contributed by atoms with Crippen molar-refractivity contribution in [1.82, 2.24) is 4.90 Å². The Hall–Kier alpha value is -2.31. The Kier molecular flexibility index (Phi) is 6.98. The van der Waals surface area contributed by atoms with E-state index < -0.39 is 0 Å². The number of hydrogen-bond donors (Lipinski definition) is 1. The van der Waals surface area contributed by atoms with Crippen LogP contribution in [0.4, 0.5) is 11.4 Å². The van der Waals surface area contributed by atoms with Crippen LogP contribution in [0.15, 0.2) is 47.4 Å². The molecule has 0 fully saturated rings. The van der Waals surface area contributed by atoms with Crippen LogP contribution in [0.25, 0.3) is 0 Å². The second kappa shape index (κ2) is 9.46. The van der Waals surface area contributed by atoms with Gasteiger partial charge in [0.05, 0.1) is 18.8 Å². The monoisotopic (exact) mass is 411 g/mol. The zero-order chi connectivity index (χ0) is 21.0. The maximum absolute atomic E-state index is 13.0. The molecule has 0 aliphatic carbocycles. The van der Waals surface area contributed by atoms with Gasteiger partial charge in [0.25, 0.3) is 0 Å². The number of rotatable bonds is 5. The van der Waals surface area contributed by atoms with Crippen LogP contribution in [-0.2, 0) is 9.59 Å². The summed E-state index contributed by atoms with van der Waals surface area (Å²) in [6, 6.07) is 13.9. The summed E-state index contributed by atoms with van der Waals surface area (Å²) in [7, 11) is 1.81. The lowest BCUT2D eigenvalue weighted by atomic mass is 10.1. The highest BCUT2D eigenvalue weighted by molar-refractivity contribution is 8.00. The molecule has 0 saturated carbocycles. The topological polar surface area (TPSA) is 52.7 Å². The third-order valence-electron chi connectivity index (χ3n) is 5.24. The fourth-order valence-corrected chi connectivity index (χ4v) is 4.55. The molecule has 0 bridgehead atoms. The molecule has 5 nitrogen and oxygen atoms in total. The number of hydrogen-bond acceptors (Lipinski definition) is 4. The molecule has 2 amide bonds. The number of aryl methyl sites for hydroxylation is 1. The lowest BCUT2D eigenvalue weighted by molar-refractivity contribution is -0.121. The number of nitrogens with one attached hydrogen (secondary N) is 1. The predicted octanol–water partition coefficient (Wildman–Crippen LogP) is 4.09. The largest absolute Gasteiger partial charge is 0.325 e. The van der Waals surface area contributed by atoms with Gasteiger partial charge in [-0.15, -0.1) is 11.8 Å². The molecular formula is C23H29N3O2S. The van der Waals surface area contributed by atoms with Crippen molar-refractivity contribution >= 4 is 35.0 Å². The quantitative estimate of drug-likeness (QED) is 0.805. The Morgan fingerprint density at radius 1 is 1.14 bits per heavy atom. The average molecular weight is 412 g/mol. The van der Waals surface area contributed by atoms with Gasteiger partial charge in [-0.05, 0) is 56.6 Å². The minimum absolute atomic E-state index is 0.0224. The number of amides is 2. The summed E-state index contributed by atoms with van der Waals surface area (Å²) in [4.78, 5) is 30.2. The molecule has 1 unspecified atom stereocenters. The SMILES string of the molecule is Cc1cccc(NC(=O)CN(C)CC(=O)N2CCC(C)Sc3ccccc32)c1C. The smallest absolute Gasteiger partial charge is 0.241 e. The molecule has 0 aromatic heterocycles. The van der Waals surface area contributed by atoms with Gasteiger partial charge in [0, 0.05) is 22.4 Å². The Morgan fingerprint density at radius 3 is 2.69 bits per heavy atom. The van der Waals surface area contributed by atoms with Gasteiger partial charge in [-0.2, -0.15) is 0 Å². The van der Waals surface area contributed by atoms with Crippen LogP contribution in [0.5, 0.6) is 0 Å². The van der Waals surface area contributed by atoms with Gasteiger partial charge < -0.3 is 10.2 Å². The Balaban J connectivity index is 1.62. The van der Waals surface area contributed by atoms with Crippen LogP contribution >= 0.6 is 11.8 Å². The molecule has 0 spiro atoms. The van der Waals surface area contributed by atoms with Crippen LogP contribution < -0.4 is 10.2 Å². The predicted molar refractivity (Wildman–Crippen MR) is 121 cm³/mol. The standard InChI is InChI=1S/C23H29N3O2S/c1-16-8-7-9-19(18(16)3)24-22(27)14-25(4)15-23(28)26-13-12-17(2)29-21-11-6-5-10-20(21)26/h5-11,17H,12-15H2,1-4H3,(H,24,27). The van der Waals surface area contributed by atoms with Crippen molar-refractivity contribution < 1.29 is 9.59 Å². The molecular weight excluding hydrogens is 382 g/mol. The summed E-state index contributed by atoms with van der Waals surface area (Å²) >= 11 is 1.82. The van der Waals surface area contributed by atoms with Crippen LogP contribution in [0.1, 0.15) is 24.5 Å². The molecule has 29 heavy (non-hydrogen) atoms. The third-order valence-corrected chi connectivity index (χ3v) is 6.48. The number of nitrogens with zero attached hydrogens (tertiary/aromatic N) is 2. The lowest BCUT2D eigenvalue weighted by Crippen LogP contribution is -2.42. The molecule has 1 atom stereocenters. The average Bonchev–Trinajstić information content (AvgIpc) is 2.83. The molecule has 0 radical (unpaired) electrons. The fourth-order valence-electron chi connectivity index (χ4n) is 3.44. The second-order valence-electron chi connectivity index (χ2n) is 7.70. The molecule has 154 valence electrons. The van der Waals surface area contributed by atoms with Crippen molar-refractivity contribution in [2.45, 2.75) is 37.3 Å². The van der Waals surface area contributed by atoms with Crippen LogP contribution in [0.3, 0.4) is 0 Å². The van der Waals surface area contributed by atoms with Crippen molar-refractivity contribution in [2.24, 2.45) is 0 Å². The highest BCUT2D eigenvalue weighted by Crippen LogP contribution is 2.37. The van der Waals surface area contributed by atoms with E-state index >= 15 is 0 Å². The molecule has 2 aromatic rings. The van der Waals surface area contributed by atoms with Crippen molar-refractivity contribution in [3.05, 3.63) is 53.6 Å². The van der Waals surface area contributed by atoms with Crippen molar-refractivity contribution in [2.75, 3.05) is 36.9 Å². The highest BCUT2D eigenvalue weighted by atomic mass is 32.2. The highest BCUT2D eigenvalue weighted by Gasteiger charge is 2.25. The number of benzene rings is 2. The summed E-state index contributed by atoms with van der Waals surface area (Å²) < 4.78 is 0. The van der Waals surface area contributed by atoms with E-state index in [9.17, 15) is 9.59 Å². The van der Waals surface area contributed by atoms with Gasteiger partial charge in [-0.3, -0.25) is 14.5 Å². The van der Waals surface area contributed by atoms with Gasteiger partial charge in [0.15, 0.2) is 0 Å². The van der Waals surface area contributed by atoms with E-state index in [1.165, 1.54) is 0 Å². The minimum atomic E-state index is -0.116. The summed E-state index contributed by atoms with van der Waals surface area (Å²) in [6.07, 6.45) is 0.946. The molecule has 1 heterocycles. The molecule has 0 saturated heterocycles. The summed E-state index contributed by atoms with van der Waals surface area (Å²) in [5.74, 6) is -0.0939. The minimum Gasteiger partial charge on any atom is -0.325 e. The van der Waals surface area contributed by atoms with Crippen LogP contribution in [0, 0.1) is 13.8 Å². The Labute approximate surface area is 177 Å². The van der Waals surface area contributed by atoms with E-state index in [4.69, 9.17) is 0 Å². The number of carbonyl (C=O) groups excluding carboxylic acids is 2. The second-order valence-corrected chi connectivity index (χ2v) is 9.18. The third kappa shape index (κ3) is 5.40. The van der Waals surface area contributed by atoms with Crippen LogP contribution in [0.2, 0.25) is 0 Å². The van der Waals surface area contributed by atoms with Crippen molar-refractivity contribution in [3.63, 3.8) is 0 Å². The number of carbonyl (C=O) groups is 2. The summed E-state index contributed by atoms with van der Waals surface area (Å²) in [6.45, 7) is 7.28. The molecule has 1 aliphatic rings. The fraction of sp³-hybridized carbons (Fsp3) is 0.391.